The summed E-state index contributed by atoms with van der Waals surface area (Å²) in [7, 11) is 3.35. The molecular weight excluding hydrogens is 252 g/mol. The van der Waals surface area contributed by atoms with Crippen molar-refractivity contribution in [2.24, 2.45) is 5.73 Å². The number of piperidine rings is 1. The summed E-state index contributed by atoms with van der Waals surface area (Å²) in [5.74, 6) is 1.57. The molecule has 1 aromatic rings. The summed E-state index contributed by atoms with van der Waals surface area (Å²) in [4.78, 5) is 2.59. The quantitative estimate of drug-likeness (QED) is 0.917. The van der Waals surface area contributed by atoms with Gasteiger partial charge in [-0.2, -0.15) is 0 Å². The Balaban J connectivity index is 1.92. The molecule has 2 N–H and O–H groups in total. The fraction of sp³-hybridized carbons (Fsp3) is 0.625. The number of nitrogens with two attached hydrogens (primary N) is 1. The highest BCUT2D eigenvalue weighted by Gasteiger charge is 2.39. The van der Waals surface area contributed by atoms with E-state index in [2.05, 4.69) is 17.0 Å². The van der Waals surface area contributed by atoms with Crippen molar-refractivity contribution in [1.82, 2.24) is 4.90 Å². The van der Waals surface area contributed by atoms with Crippen LogP contribution in [0.2, 0.25) is 0 Å². The normalized spacial score (nSPS) is 27.4. The van der Waals surface area contributed by atoms with Crippen molar-refractivity contribution < 1.29 is 9.47 Å². The Hall–Kier alpha value is -1.26. The third-order valence-electron chi connectivity index (χ3n) is 4.48. The van der Waals surface area contributed by atoms with Gasteiger partial charge in [-0.3, -0.25) is 4.90 Å². The fourth-order valence-corrected chi connectivity index (χ4v) is 3.34. The first-order chi connectivity index (χ1) is 9.74. The first-order valence-electron chi connectivity index (χ1n) is 7.48. The van der Waals surface area contributed by atoms with Crippen molar-refractivity contribution in [3.05, 3.63) is 23.8 Å². The molecular formula is C16H24N2O2. The zero-order valence-corrected chi connectivity index (χ0v) is 12.3. The van der Waals surface area contributed by atoms with Gasteiger partial charge in [0.1, 0.15) is 0 Å². The first kappa shape index (κ1) is 13.7. The predicted octanol–water partition coefficient (Wildman–Crippen LogP) is 2.33. The molecule has 2 aliphatic rings. The van der Waals surface area contributed by atoms with Gasteiger partial charge >= 0.3 is 0 Å². The fourth-order valence-electron chi connectivity index (χ4n) is 3.34. The zero-order valence-electron chi connectivity index (χ0n) is 12.3. The minimum Gasteiger partial charge on any atom is -0.493 e. The number of methoxy groups -OCH3 is 2. The summed E-state index contributed by atoms with van der Waals surface area (Å²) >= 11 is 0. The largest absolute Gasteiger partial charge is 0.493 e. The van der Waals surface area contributed by atoms with Crippen LogP contribution in [0.4, 0.5) is 0 Å². The summed E-state index contributed by atoms with van der Waals surface area (Å²) in [5.41, 5.74) is 7.67. The Bertz CT molecular complexity index is 474. The Kier molecular flexibility index (Phi) is 3.85. The maximum atomic E-state index is 6.42. The Morgan fingerprint density at radius 2 is 1.85 bits per heavy atom. The van der Waals surface area contributed by atoms with Gasteiger partial charge in [-0.05, 0) is 49.9 Å². The Morgan fingerprint density at radius 3 is 2.50 bits per heavy atom. The highest BCUT2D eigenvalue weighted by atomic mass is 16.5. The van der Waals surface area contributed by atoms with Crippen molar-refractivity contribution in [2.45, 2.75) is 43.8 Å². The minimum absolute atomic E-state index is 0.211. The van der Waals surface area contributed by atoms with E-state index in [1.165, 1.54) is 24.8 Å². The average molecular weight is 276 g/mol. The molecule has 1 heterocycles. The van der Waals surface area contributed by atoms with Crippen LogP contribution in [0, 0.1) is 0 Å². The first-order valence-corrected chi connectivity index (χ1v) is 7.48. The van der Waals surface area contributed by atoms with Crippen LogP contribution in [0.15, 0.2) is 18.2 Å². The second-order valence-corrected chi connectivity index (χ2v) is 5.83. The van der Waals surface area contributed by atoms with E-state index in [0.717, 1.165) is 30.5 Å². The minimum atomic E-state index is 0.211. The van der Waals surface area contributed by atoms with Gasteiger partial charge in [0, 0.05) is 12.1 Å². The molecule has 1 aliphatic carbocycles. The van der Waals surface area contributed by atoms with E-state index in [9.17, 15) is 0 Å². The van der Waals surface area contributed by atoms with E-state index < -0.39 is 0 Å². The molecule has 0 amide bonds. The lowest BCUT2D eigenvalue weighted by Gasteiger charge is -2.40. The monoisotopic (exact) mass is 276 g/mol. The molecule has 0 aromatic heterocycles. The van der Waals surface area contributed by atoms with Crippen LogP contribution < -0.4 is 15.2 Å². The molecule has 110 valence electrons. The highest BCUT2D eigenvalue weighted by molar-refractivity contribution is 5.44. The number of rotatable bonds is 4. The van der Waals surface area contributed by atoms with Crippen LogP contribution in [0.25, 0.3) is 0 Å². The standard InChI is InChI=1S/C16H24N2O2/c1-19-14-8-5-11(10-15(14)20-2)16-13(17)4-3-9-18(16)12-6-7-12/h5,8,10,12-13,16H,3-4,6-7,9,17H2,1-2H3. The van der Waals surface area contributed by atoms with Crippen molar-refractivity contribution >= 4 is 0 Å². The third kappa shape index (κ3) is 2.50. The van der Waals surface area contributed by atoms with Crippen LogP contribution in [-0.2, 0) is 0 Å². The van der Waals surface area contributed by atoms with Crippen LogP contribution in [0.3, 0.4) is 0 Å². The lowest BCUT2D eigenvalue weighted by Crippen LogP contribution is -2.46. The number of hydrogen-bond acceptors (Lipinski definition) is 4. The summed E-state index contributed by atoms with van der Waals surface area (Å²) < 4.78 is 10.8. The molecule has 1 aliphatic heterocycles. The smallest absolute Gasteiger partial charge is 0.161 e. The number of hydrogen-bond donors (Lipinski definition) is 1. The molecule has 2 atom stereocenters. The summed E-state index contributed by atoms with van der Waals surface area (Å²) in [5, 5.41) is 0. The molecule has 3 rings (SSSR count). The van der Waals surface area contributed by atoms with Crippen molar-refractivity contribution in [1.29, 1.82) is 0 Å². The molecule has 2 unspecified atom stereocenters. The molecule has 1 saturated carbocycles. The molecule has 0 bridgehead atoms. The number of likely N-dealkylation sites (tertiary alicyclic amines) is 1. The molecule has 4 heteroatoms. The van der Waals surface area contributed by atoms with E-state index in [4.69, 9.17) is 15.2 Å². The maximum absolute atomic E-state index is 6.42. The molecule has 2 fully saturated rings. The number of ether oxygens (including phenoxy) is 2. The second-order valence-electron chi connectivity index (χ2n) is 5.83. The van der Waals surface area contributed by atoms with Crippen LogP contribution in [0.5, 0.6) is 11.5 Å². The van der Waals surface area contributed by atoms with Crippen molar-refractivity contribution in [3.8, 4) is 11.5 Å². The lowest BCUT2D eigenvalue weighted by molar-refractivity contribution is 0.119. The van der Waals surface area contributed by atoms with Crippen LogP contribution in [0.1, 0.15) is 37.3 Å². The summed E-state index contributed by atoms with van der Waals surface area (Å²) in [6, 6.07) is 7.47. The molecule has 1 aromatic carbocycles. The zero-order chi connectivity index (χ0) is 14.1. The van der Waals surface area contributed by atoms with E-state index in [1.54, 1.807) is 14.2 Å². The van der Waals surface area contributed by atoms with Crippen LogP contribution >= 0.6 is 0 Å². The lowest BCUT2D eigenvalue weighted by atomic mass is 9.90. The molecule has 20 heavy (non-hydrogen) atoms. The third-order valence-corrected chi connectivity index (χ3v) is 4.48. The van der Waals surface area contributed by atoms with E-state index in [0.29, 0.717) is 6.04 Å². The van der Waals surface area contributed by atoms with Gasteiger partial charge in [0.2, 0.25) is 0 Å². The van der Waals surface area contributed by atoms with Gasteiger partial charge in [0.05, 0.1) is 20.3 Å². The molecule has 4 nitrogen and oxygen atoms in total. The van der Waals surface area contributed by atoms with E-state index in [1.807, 2.05) is 6.07 Å². The van der Waals surface area contributed by atoms with E-state index in [-0.39, 0.29) is 6.04 Å². The SMILES string of the molecule is COc1ccc(C2C(N)CCCN2C2CC2)cc1OC. The summed E-state index contributed by atoms with van der Waals surface area (Å²) in [6.45, 7) is 1.16. The molecule has 1 saturated heterocycles. The van der Waals surface area contributed by atoms with Gasteiger partial charge in [-0.25, -0.2) is 0 Å². The van der Waals surface area contributed by atoms with Gasteiger partial charge in [0.25, 0.3) is 0 Å². The van der Waals surface area contributed by atoms with Gasteiger partial charge in [-0.15, -0.1) is 0 Å². The second kappa shape index (κ2) is 5.62. The molecule has 0 radical (unpaired) electrons. The van der Waals surface area contributed by atoms with E-state index >= 15 is 0 Å². The Morgan fingerprint density at radius 1 is 1.10 bits per heavy atom. The van der Waals surface area contributed by atoms with Gasteiger partial charge in [0.15, 0.2) is 11.5 Å². The predicted molar refractivity (Wildman–Crippen MR) is 79.2 cm³/mol. The maximum Gasteiger partial charge on any atom is 0.161 e. The number of benzene rings is 1. The van der Waals surface area contributed by atoms with Crippen molar-refractivity contribution in [2.75, 3.05) is 20.8 Å². The van der Waals surface area contributed by atoms with Crippen LogP contribution in [-0.4, -0.2) is 37.7 Å². The van der Waals surface area contributed by atoms with Gasteiger partial charge < -0.3 is 15.2 Å². The number of nitrogens with zero attached hydrogens (tertiary/aromatic N) is 1. The molecule has 0 spiro atoms. The average Bonchev–Trinajstić information content (AvgIpc) is 3.31. The van der Waals surface area contributed by atoms with Gasteiger partial charge in [-0.1, -0.05) is 6.07 Å². The Labute approximate surface area is 120 Å². The van der Waals surface area contributed by atoms with Crippen molar-refractivity contribution in [3.63, 3.8) is 0 Å². The topological polar surface area (TPSA) is 47.7 Å². The highest BCUT2D eigenvalue weighted by Crippen LogP contribution is 2.41. The summed E-state index contributed by atoms with van der Waals surface area (Å²) in [6.07, 6.45) is 4.94.